The molecule has 0 aliphatic carbocycles. The van der Waals surface area contributed by atoms with Crippen molar-refractivity contribution in [2.45, 2.75) is 44.7 Å². The number of nitrogen functional groups attached to an aromatic ring is 1. The number of hydrogen-bond donors (Lipinski definition) is 2. The Hall–Kier alpha value is -4.17. The van der Waals surface area contributed by atoms with Crippen LogP contribution in [0.3, 0.4) is 0 Å². The van der Waals surface area contributed by atoms with Crippen LogP contribution in [0.1, 0.15) is 44.2 Å². The fourth-order valence-corrected chi connectivity index (χ4v) is 8.11. The fourth-order valence-electron chi connectivity index (χ4n) is 7.17. The number of fused-ring (bicyclic) bond motifs is 4. The molecule has 3 aliphatic heterocycles. The maximum absolute atomic E-state index is 17.2. The van der Waals surface area contributed by atoms with Crippen LogP contribution in [0.2, 0.25) is 0 Å². The van der Waals surface area contributed by atoms with Gasteiger partial charge in [0.1, 0.15) is 22.4 Å². The third kappa shape index (κ3) is 5.07. The van der Waals surface area contributed by atoms with Crippen molar-refractivity contribution in [3.05, 3.63) is 41.2 Å². The van der Waals surface area contributed by atoms with E-state index in [2.05, 4.69) is 27.4 Å². The van der Waals surface area contributed by atoms with Crippen LogP contribution < -0.4 is 20.7 Å². The molecule has 2 bridgehead atoms. The Balaban J connectivity index is 1.42. The van der Waals surface area contributed by atoms with Crippen LogP contribution in [0.5, 0.6) is 6.01 Å². The van der Waals surface area contributed by atoms with Crippen LogP contribution in [0.25, 0.3) is 32.1 Å². The fraction of sp³-hybridized carbons (Fsp3) is 0.455. The van der Waals surface area contributed by atoms with Crippen molar-refractivity contribution < 1.29 is 24.8 Å². The number of aromatic nitrogens is 2. The lowest BCUT2D eigenvalue weighted by Crippen LogP contribution is -2.51. The molecule has 4 atom stereocenters. The zero-order valence-corrected chi connectivity index (χ0v) is 25.6. The highest BCUT2D eigenvalue weighted by Crippen LogP contribution is 2.44. The van der Waals surface area contributed by atoms with Gasteiger partial charge < -0.3 is 25.6 Å². The van der Waals surface area contributed by atoms with E-state index in [4.69, 9.17) is 17.3 Å². The molecule has 7 rings (SSSR count). The van der Waals surface area contributed by atoms with Gasteiger partial charge in [0.05, 0.1) is 26.5 Å². The molecule has 4 aromatic rings. The standard InChI is InChI=1S/C33H33F3N8OS/c1-33(15-43(2)9-8-23(33)29(35)36)16-45-32-41-28-21(31(42-32)44-13-18-6-7-19(14-44)40-18)10-17(11-37)25(27(28)34)20-4-3-5-24-26(20)22(12-38)30(39)46-24/h3-5,10,18-19,23,29,40H,6-9,13-16,39H2,1-2H3/t18-,19+,23-,33+/m1/s1/i2D3,16D2. The summed E-state index contributed by atoms with van der Waals surface area (Å²) in [6, 6.07) is 10.1. The van der Waals surface area contributed by atoms with Gasteiger partial charge >= 0.3 is 6.01 Å². The summed E-state index contributed by atoms with van der Waals surface area (Å²) in [6.07, 6.45) is -1.52. The van der Waals surface area contributed by atoms with Gasteiger partial charge in [0.25, 0.3) is 0 Å². The molecule has 5 heterocycles. The Labute approximate surface area is 275 Å². The molecule has 46 heavy (non-hydrogen) atoms. The van der Waals surface area contributed by atoms with Gasteiger partial charge in [-0.2, -0.15) is 20.5 Å². The van der Waals surface area contributed by atoms with Crippen molar-refractivity contribution in [2.24, 2.45) is 11.3 Å². The summed E-state index contributed by atoms with van der Waals surface area (Å²) in [6.45, 7) is -4.27. The van der Waals surface area contributed by atoms with E-state index in [1.54, 1.807) is 18.2 Å². The Bertz CT molecular complexity index is 2120. The number of piperidine rings is 1. The first kappa shape index (κ1) is 25.0. The van der Waals surface area contributed by atoms with Gasteiger partial charge in [0.2, 0.25) is 6.43 Å². The molecular formula is C33H33F3N8OS. The molecule has 3 N–H and O–H groups in total. The quantitative estimate of drug-likeness (QED) is 0.277. The molecule has 3 saturated heterocycles. The summed E-state index contributed by atoms with van der Waals surface area (Å²) in [5.41, 5.74) is 3.89. The minimum absolute atomic E-state index is 0.0626. The average molecular weight is 652 g/mol. The smallest absolute Gasteiger partial charge is 0.319 e. The zero-order chi connectivity index (χ0) is 36.6. The summed E-state index contributed by atoms with van der Waals surface area (Å²) in [7, 11) is 0. The second-order valence-electron chi connectivity index (χ2n) is 12.4. The van der Waals surface area contributed by atoms with Gasteiger partial charge in [0.15, 0.2) is 5.82 Å². The lowest BCUT2D eigenvalue weighted by molar-refractivity contribution is -0.0679. The second-order valence-corrected chi connectivity index (χ2v) is 13.5. The number of halogens is 3. The van der Waals surface area contributed by atoms with Crippen LogP contribution in [0, 0.1) is 39.8 Å². The summed E-state index contributed by atoms with van der Waals surface area (Å²) in [5, 5.41) is 24.5. The maximum atomic E-state index is 17.2. The predicted molar refractivity (Wildman–Crippen MR) is 172 cm³/mol. The zero-order valence-electron chi connectivity index (χ0n) is 29.8. The van der Waals surface area contributed by atoms with Crippen molar-refractivity contribution in [1.82, 2.24) is 20.2 Å². The van der Waals surface area contributed by atoms with E-state index in [0.29, 0.717) is 23.2 Å². The van der Waals surface area contributed by atoms with E-state index in [1.807, 2.05) is 4.90 Å². The van der Waals surface area contributed by atoms with Gasteiger partial charge in [-0.05, 0) is 50.5 Å². The average Bonchev–Trinajstić information content (AvgIpc) is 3.59. The van der Waals surface area contributed by atoms with Gasteiger partial charge in [-0.3, -0.25) is 0 Å². The highest BCUT2D eigenvalue weighted by atomic mass is 32.1. The first-order valence-corrected chi connectivity index (χ1v) is 15.8. The highest BCUT2D eigenvalue weighted by Gasteiger charge is 2.44. The molecule has 13 heteroatoms. The van der Waals surface area contributed by atoms with E-state index in [9.17, 15) is 19.3 Å². The molecule has 0 spiro atoms. The summed E-state index contributed by atoms with van der Waals surface area (Å²) >= 11 is 1.15. The van der Waals surface area contributed by atoms with Crippen LogP contribution in [0.15, 0.2) is 24.3 Å². The molecule has 2 aromatic heterocycles. The lowest BCUT2D eigenvalue weighted by atomic mass is 9.73. The number of hydrogen-bond acceptors (Lipinski definition) is 10. The second kappa shape index (κ2) is 11.6. The summed E-state index contributed by atoms with van der Waals surface area (Å²) in [4.78, 5) is 11.7. The molecule has 0 radical (unpaired) electrons. The van der Waals surface area contributed by atoms with Gasteiger partial charge in [0, 0.05) is 68.2 Å². The van der Waals surface area contributed by atoms with E-state index >= 15 is 4.39 Å². The highest BCUT2D eigenvalue weighted by molar-refractivity contribution is 7.23. The number of nitrogens with two attached hydrogens (primary N) is 1. The Morgan fingerprint density at radius 3 is 2.72 bits per heavy atom. The third-order valence-corrected chi connectivity index (χ3v) is 10.4. The number of piperazine rings is 1. The number of nitrogens with zero attached hydrogens (tertiary/aromatic N) is 6. The molecule has 2 aromatic carbocycles. The summed E-state index contributed by atoms with van der Waals surface area (Å²) < 4.78 is 94.2. The monoisotopic (exact) mass is 651 g/mol. The number of likely N-dealkylation sites (tertiary alicyclic amines) is 1. The normalized spacial score (nSPS) is 27.1. The van der Waals surface area contributed by atoms with E-state index in [0.717, 1.165) is 29.1 Å². The molecule has 3 aliphatic rings. The number of nitriles is 2. The Kier molecular flexibility index (Phi) is 6.28. The largest absolute Gasteiger partial charge is 0.463 e. The maximum Gasteiger partial charge on any atom is 0.319 e. The Morgan fingerprint density at radius 1 is 1.24 bits per heavy atom. The van der Waals surface area contributed by atoms with Crippen LogP contribution >= 0.6 is 11.3 Å². The van der Waals surface area contributed by atoms with Gasteiger partial charge in [-0.25, -0.2) is 13.2 Å². The molecule has 238 valence electrons. The number of alkyl halides is 2. The van der Waals surface area contributed by atoms with Crippen LogP contribution in [-0.2, 0) is 0 Å². The first-order chi connectivity index (χ1) is 24.1. The molecule has 9 nitrogen and oxygen atoms in total. The lowest BCUT2D eigenvalue weighted by Gasteiger charge is -2.44. The number of ether oxygens (including phenoxy) is 1. The Morgan fingerprint density at radius 2 is 2.02 bits per heavy atom. The van der Waals surface area contributed by atoms with Crippen molar-refractivity contribution in [3.8, 4) is 29.3 Å². The SMILES string of the molecule is [2H]C([2H])([2H])N1CC[C@H](C(F)F)[C@](C)(C([2H])([2H])Oc2nc(N3C[C@H]4CC[C@@H](C3)N4)c3cc(C#N)c(-c4cccc5sc(N)c(C#N)c45)c(F)c3n2)C1. The minimum Gasteiger partial charge on any atom is -0.463 e. The van der Waals surface area contributed by atoms with Gasteiger partial charge in [-0.15, -0.1) is 11.3 Å². The van der Waals surface area contributed by atoms with Crippen molar-refractivity contribution in [1.29, 1.82) is 10.5 Å². The number of nitrogens with one attached hydrogen (secondary N) is 1. The number of thiophene rings is 1. The third-order valence-electron chi connectivity index (χ3n) is 9.38. The van der Waals surface area contributed by atoms with E-state index < -0.39 is 49.7 Å². The first-order valence-electron chi connectivity index (χ1n) is 17.4. The van der Waals surface area contributed by atoms with Crippen LogP contribution in [0.4, 0.5) is 24.0 Å². The van der Waals surface area contributed by atoms with E-state index in [1.165, 1.54) is 13.0 Å². The number of rotatable bonds is 6. The minimum atomic E-state index is -2.99. The molecule has 0 amide bonds. The van der Waals surface area contributed by atoms with Crippen LogP contribution in [-0.4, -0.2) is 73.1 Å². The van der Waals surface area contributed by atoms with Gasteiger partial charge in [-0.1, -0.05) is 19.1 Å². The molecule has 0 unspecified atom stereocenters. The molecule has 3 fully saturated rings. The van der Waals surface area contributed by atoms with Crippen molar-refractivity contribution in [2.75, 3.05) is 50.3 Å². The van der Waals surface area contributed by atoms with Crippen molar-refractivity contribution in [3.63, 3.8) is 0 Å². The molecule has 0 saturated carbocycles. The number of benzene rings is 2. The predicted octanol–water partition coefficient (Wildman–Crippen LogP) is 5.52. The molecular weight excluding hydrogens is 613 g/mol. The topological polar surface area (TPSA) is 127 Å². The summed E-state index contributed by atoms with van der Waals surface area (Å²) in [5.74, 6) is -2.37. The van der Waals surface area contributed by atoms with E-state index in [-0.39, 0.29) is 69.0 Å². The number of anilines is 2. The van der Waals surface area contributed by atoms with Crippen molar-refractivity contribution >= 4 is 43.1 Å².